The highest BCUT2D eigenvalue weighted by molar-refractivity contribution is 5.76. The van der Waals surface area contributed by atoms with Gasteiger partial charge in [-0.15, -0.1) is 0 Å². The molecule has 0 rings (SSSR count). The summed E-state index contributed by atoms with van der Waals surface area (Å²) in [6, 6.07) is -0.538. The normalized spacial score (nSPS) is 12.5. The molecule has 2 unspecified atom stereocenters. The Kier molecular flexibility index (Phi) is 77.3. The molecule has 0 aromatic rings. The average molecular weight is 1250 g/mol. The zero-order valence-electron chi connectivity index (χ0n) is 60.7. The van der Waals surface area contributed by atoms with Gasteiger partial charge in [0.15, 0.2) is 0 Å². The van der Waals surface area contributed by atoms with Crippen LogP contribution < -0.4 is 5.32 Å². The third kappa shape index (κ3) is 75.3. The Bertz CT molecular complexity index is 1400. The molecule has 0 heterocycles. The maximum absolute atomic E-state index is 12.6. The lowest BCUT2D eigenvalue weighted by molar-refractivity contribution is -0.143. The molecule has 2 atom stereocenters. The molecule has 89 heavy (non-hydrogen) atoms. The number of hydrogen-bond donors (Lipinski definition) is 3. The molecular formula is C83H161NO5. The third-order valence-corrected chi connectivity index (χ3v) is 19.5. The van der Waals surface area contributed by atoms with Gasteiger partial charge in [-0.3, -0.25) is 9.59 Å². The van der Waals surface area contributed by atoms with Crippen molar-refractivity contribution in [1.29, 1.82) is 0 Å². The molecule has 0 radical (unpaired) electrons. The molecule has 6 nitrogen and oxygen atoms in total. The number of aliphatic hydroxyl groups is 2. The topological polar surface area (TPSA) is 95.9 Å². The summed E-state index contributed by atoms with van der Waals surface area (Å²) < 4.78 is 5.50. The maximum atomic E-state index is 12.6. The largest absolute Gasteiger partial charge is 0.466 e. The summed E-state index contributed by atoms with van der Waals surface area (Å²) in [5.74, 6) is -0.0104. The second-order valence-corrected chi connectivity index (χ2v) is 28.5. The van der Waals surface area contributed by atoms with E-state index < -0.39 is 12.1 Å². The molecule has 0 aliphatic rings. The fourth-order valence-corrected chi connectivity index (χ4v) is 13.2. The van der Waals surface area contributed by atoms with Crippen molar-refractivity contribution in [3.05, 3.63) is 24.3 Å². The number of allylic oxidation sites excluding steroid dienone is 4. The number of carbonyl (C=O) groups is 2. The van der Waals surface area contributed by atoms with E-state index in [1.807, 2.05) is 0 Å². The number of hydrogen-bond acceptors (Lipinski definition) is 5. The first-order valence-corrected chi connectivity index (χ1v) is 41.1. The molecule has 0 spiro atoms. The Morgan fingerprint density at radius 3 is 0.798 bits per heavy atom. The molecule has 0 bridgehead atoms. The molecule has 0 fully saturated rings. The van der Waals surface area contributed by atoms with E-state index in [1.165, 1.54) is 392 Å². The molecule has 528 valence electrons. The van der Waals surface area contributed by atoms with Crippen molar-refractivity contribution in [3.8, 4) is 0 Å². The summed E-state index contributed by atoms with van der Waals surface area (Å²) >= 11 is 0. The highest BCUT2D eigenvalue weighted by atomic mass is 16.5. The van der Waals surface area contributed by atoms with Crippen LogP contribution in [0.3, 0.4) is 0 Å². The van der Waals surface area contributed by atoms with Gasteiger partial charge in [-0.1, -0.05) is 404 Å². The molecule has 0 aliphatic heterocycles. The summed E-state index contributed by atoms with van der Waals surface area (Å²) in [5, 5.41) is 23.4. The highest BCUT2D eigenvalue weighted by Crippen LogP contribution is 2.20. The van der Waals surface area contributed by atoms with E-state index in [0.717, 1.165) is 44.9 Å². The minimum atomic E-state index is -0.661. The van der Waals surface area contributed by atoms with Gasteiger partial charge in [0.1, 0.15) is 0 Å². The van der Waals surface area contributed by atoms with Crippen LogP contribution in [0.15, 0.2) is 24.3 Å². The predicted octanol–water partition coefficient (Wildman–Crippen LogP) is 27.2. The number of carbonyl (C=O) groups excluding carboxylic acids is 2. The quantitative estimate of drug-likeness (QED) is 0.0320. The summed E-state index contributed by atoms with van der Waals surface area (Å²) in [6.07, 6.45) is 101. The summed E-state index contributed by atoms with van der Waals surface area (Å²) in [5.41, 5.74) is 0. The smallest absolute Gasteiger partial charge is 0.305 e. The van der Waals surface area contributed by atoms with Crippen LogP contribution in [-0.2, 0) is 14.3 Å². The van der Waals surface area contributed by atoms with E-state index in [-0.39, 0.29) is 18.5 Å². The second-order valence-electron chi connectivity index (χ2n) is 28.5. The number of nitrogens with one attached hydrogen (secondary N) is 1. The van der Waals surface area contributed by atoms with Gasteiger partial charge in [-0.25, -0.2) is 0 Å². The molecule has 0 aromatic heterocycles. The third-order valence-electron chi connectivity index (χ3n) is 19.5. The van der Waals surface area contributed by atoms with Crippen LogP contribution in [0.4, 0.5) is 0 Å². The van der Waals surface area contributed by atoms with E-state index in [4.69, 9.17) is 4.74 Å². The average Bonchev–Trinajstić information content (AvgIpc) is 3.60. The number of rotatable bonds is 78. The van der Waals surface area contributed by atoms with Crippen molar-refractivity contribution >= 4 is 11.9 Å². The van der Waals surface area contributed by atoms with E-state index in [9.17, 15) is 19.8 Å². The molecule has 1 amide bonds. The molecule has 0 aliphatic carbocycles. The zero-order valence-corrected chi connectivity index (χ0v) is 60.7. The first-order chi connectivity index (χ1) is 44.0. The van der Waals surface area contributed by atoms with Crippen molar-refractivity contribution in [2.24, 2.45) is 0 Å². The minimum Gasteiger partial charge on any atom is -0.466 e. The van der Waals surface area contributed by atoms with E-state index in [2.05, 4.69) is 43.5 Å². The van der Waals surface area contributed by atoms with Gasteiger partial charge in [0.2, 0.25) is 5.91 Å². The van der Waals surface area contributed by atoms with E-state index in [0.29, 0.717) is 25.9 Å². The monoisotopic (exact) mass is 1250 g/mol. The first kappa shape index (κ1) is 87.3. The molecule has 0 aromatic carbocycles. The van der Waals surface area contributed by atoms with Crippen molar-refractivity contribution in [2.75, 3.05) is 13.2 Å². The zero-order chi connectivity index (χ0) is 64.2. The summed E-state index contributed by atoms with van der Waals surface area (Å²) in [4.78, 5) is 24.6. The molecule has 6 heteroatoms. The maximum Gasteiger partial charge on any atom is 0.305 e. The van der Waals surface area contributed by atoms with Gasteiger partial charge >= 0.3 is 5.97 Å². The lowest BCUT2D eigenvalue weighted by Gasteiger charge is -2.22. The van der Waals surface area contributed by atoms with Crippen LogP contribution in [0.2, 0.25) is 0 Å². The van der Waals surface area contributed by atoms with E-state index in [1.54, 1.807) is 0 Å². The van der Waals surface area contributed by atoms with Gasteiger partial charge in [0.05, 0.1) is 25.4 Å². The number of ether oxygens (including phenoxy) is 1. The molecule has 3 N–H and O–H groups in total. The summed E-state index contributed by atoms with van der Waals surface area (Å²) in [7, 11) is 0. The predicted molar refractivity (Wildman–Crippen MR) is 393 cm³/mol. The van der Waals surface area contributed by atoms with Crippen molar-refractivity contribution in [1.82, 2.24) is 5.32 Å². The Labute approximate surface area is 558 Å². The lowest BCUT2D eigenvalue weighted by atomic mass is 10.0. The first-order valence-electron chi connectivity index (χ1n) is 41.1. The second kappa shape index (κ2) is 78.8. The van der Waals surface area contributed by atoms with Crippen LogP contribution in [0.1, 0.15) is 470 Å². The van der Waals surface area contributed by atoms with Crippen LogP contribution in [0, 0.1) is 0 Å². The standard InChI is InChI=1S/C83H161NO5/c1-3-5-7-9-11-13-15-17-19-20-44-48-51-55-59-63-67-71-75-81(86)80(79-85)84-82(87)76-72-68-64-60-56-52-49-45-42-40-38-36-34-32-30-28-26-24-22-21-23-25-27-29-31-33-35-37-39-41-43-46-50-54-58-62-66-70-74-78-89-83(88)77-73-69-65-61-57-53-47-18-16-14-12-10-8-6-4-2/h18,21-22,47,80-81,85-86H,3-17,19-20,23-46,48-79H2,1-2H3,(H,84,87)/b22-21-,47-18-. The van der Waals surface area contributed by atoms with Crippen LogP contribution in [-0.4, -0.2) is 47.4 Å². The number of esters is 1. The van der Waals surface area contributed by atoms with Gasteiger partial charge in [-0.05, 0) is 77.0 Å². The number of unbranched alkanes of at least 4 members (excludes halogenated alkanes) is 63. The lowest BCUT2D eigenvalue weighted by Crippen LogP contribution is -2.45. The molecule has 0 saturated carbocycles. The van der Waals surface area contributed by atoms with Crippen LogP contribution in [0.5, 0.6) is 0 Å². The SMILES string of the molecule is CCCCCCCC/C=C\CCCCCCCC(=O)OCCCCCCCCCCCCCCCCCCCC/C=C\CCCCCCCCCCCCCCCCCCCC(=O)NC(CO)C(O)CCCCCCCCCCCCCCCCCCCC. The highest BCUT2D eigenvalue weighted by Gasteiger charge is 2.20. The number of aliphatic hydroxyl groups excluding tert-OH is 2. The van der Waals surface area contributed by atoms with Gasteiger partial charge in [0, 0.05) is 12.8 Å². The molecule has 0 saturated heterocycles. The Hall–Kier alpha value is -1.66. The Morgan fingerprint density at radius 1 is 0.303 bits per heavy atom. The van der Waals surface area contributed by atoms with Gasteiger partial charge < -0.3 is 20.3 Å². The van der Waals surface area contributed by atoms with Crippen molar-refractivity contribution in [3.63, 3.8) is 0 Å². The number of amides is 1. The molecular weight excluding hydrogens is 1090 g/mol. The fraction of sp³-hybridized carbons (Fsp3) is 0.928. The van der Waals surface area contributed by atoms with Crippen LogP contribution in [0.25, 0.3) is 0 Å². The Balaban J connectivity index is 3.32. The van der Waals surface area contributed by atoms with Crippen LogP contribution >= 0.6 is 0 Å². The fourth-order valence-electron chi connectivity index (χ4n) is 13.2. The van der Waals surface area contributed by atoms with Gasteiger partial charge in [0.25, 0.3) is 0 Å². The van der Waals surface area contributed by atoms with Gasteiger partial charge in [-0.2, -0.15) is 0 Å². The minimum absolute atomic E-state index is 0.0154. The van der Waals surface area contributed by atoms with E-state index >= 15 is 0 Å². The van der Waals surface area contributed by atoms with Crippen molar-refractivity contribution in [2.45, 2.75) is 482 Å². The Morgan fingerprint density at radius 2 is 0.528 bits per heavy atom. The van der Waals surface area contributed by atoms with Crippen molar-refractivity contribution < 1.29 is 24.5 Å². The summed E-state index contributed by atoms with van der Waals surface area (Å²) in [6.45, 7) is 5.00.